The third-order valence-corrected chi connectivity index (χ3v) is 7.81. The molecule has 0 unspecified atom stereocenters. The molecule has 26 heavy (non-hydrogen) atoms. The summed E-state index contributed by atoms with van der Waals surface area (Å²) in [5.74, 6) is 1.60. The molecule has 4 N–H and O–H groups in total. The maximum Gasteiger partial charge on any atom is 0.165 e. The summed E-state index contributed by atoms with van der Waals surface area (Å²) in [7, 11) is 0. The Labute approximate surface area is 159 Å². The van der Waals surface area contributed by atoms with Crippen LogP contribution in [0, 0.1) is 5.92 Å². The average molecular weight is 379 g/mol. The quantitative estimate of drug-likeness (QED) is 0.730. The van der Waals surface area contributed by atoms with Gasteiger partial charge in [0.15, 0.2) is 11.5 Å². The zero-order valence-corrected chi connectivity index (χ0v) is 15.7. The number of piperidine rings is 1. The molecular weight excluding hydrogens is 352 g/mol. The molecule has 5 nitrogen and oxygen atoms in total. The molecule has 5 atom stereocenters. The molecule has 6 heteroatoms. The van der Waals surface area contributed by atoms with Crippen molar-refractivity contribution in [3.8, 4) is 11.5 Å². The molecule has 6 rings (SSSR count). The van der Waals surface area contributed by atoms with E-state index in [9.17, 15) is 10.2 Å². The van der Waals surface area contributed by atoms with Gasteiger partial charge in [0.2, 0.25) is 0 Å². The third kappa shape index (κ3) is 1.83. The number of rotatable bonds is 2. The van der Waals surface area contributed by atoms with Gasteiger partial charge in [0.25, 0.3) is 0 Å². The molecule has 3 aliphatic carbocycles. The van der Waals surface area contributed by atoms with E-state index >= 15 is 0 Å². The van der Waals surface area contributed by atoms with Crippen LogP contribution in [-0.4, -0.2) is 52.0 Å². The van der Waals surface area contributed by atoms with Gasteiger partial charge in [-0.25, -0.2) is 0 Å². The summed E-state index contributed by atoms with van der Waals surface area (Å²) < 4.78 is 6.26. The van der Waals surface area contributed by atoms with E-state index in [4.69, 9.17) is 10.5 Å². The van der Waals surface area contributed by atoms with Crippen molar-refractivity contribution < 1.29 is 14.9 Å². The first-order valence-corrected chi connectivity index (χ1v) is 9.78. The fourth-order valence-electron chi connectivity index (χ4n) is 6.52. The van der Waals surface area contributed by atoms with E-state index in [1.165, 1.54) is 18.4 Å². The summed E-state index contributed by atoms with van der Waals surface area (Å²) >= 11 is 0. The molecule has 5 aliphatic rings. The molecule has 142 valence electrons. The molecule has 2 bridgehead atoms. The number of ether oxygens (including phenoxy) is 1. The van der Waals surface area contributed by atoms with Crippen LogP contribution in [0.2, 0.25) is 0 Å². The number of phenolic OH excluding ortho intramolecular Hbond substituents is 1. The Morgan fingerprint density at radius 3 is 2.81 bits per heavy atom. The number of phenols is 1. The minimum atomic E-state index is -0.799. The van der Waals surface area contributed by atoms with E-state index in [1.807, 2.05) is 6.07 Å². The van der Waals surface area contributed by atoms with Gasteiger partial charge >= 0.3 is 0 Å². The third-order valence-electron chi connectivity index (χ3n) is 7.81. The van der Waals surface area contributed by atoms with Gasteiger partial charge in [0.05, 0.1) is 11.0 Å². The Kier molecular flexibility index (Phi) is 3.48. The fraction of sp³-hybridized carbons (Fsp3) is 0.700. The monoisotopic (exact) mass is 378 g/mol. The predicted octanol–water partition coefficient (Wildman–Crippen LogP) is 1.71. The smallest absolute Gasteiger partial charge is 0.165 e. The lowest BCUT2D eigenvalue weighted by Crippen LogP contribution is -2.77. The predicted molar refractivity (Wildman–Crippen MR) is 100 cm³/mol. The van der Waals surface area contributed by atoms with Crippen LogP contribution in [0.25, 0.3) is 0 Å². The fourth-order valence-corrected chi connectivity index (χ4v) is 6.52. The highest BCUT2D eigenvalue weighted by Crippen LogP contribution is 2.65. The second kappa shape index (κ2) is 5.28. The Balaban J connectivity index is 0.00000150. The van der Waals surface area contributed by atoms with Crippen molar-refractivity contribution in [2.45, 2.75) is 67.7 Å². The van der Waals surface area contributed by atoms with Crippen LogP contribution in [0.3, 0.4) is 0 Å². The van der Waals surface area contributed by atoms with E-state index < -0.39 is 11.0 Å². The minimum Gasteiger partial charge on any atom is -0.504 e. The standard InChI is InChI=1S/C20H26N2O3.ClH/c21-13-5-6-20(24)15-9-12-3-4-14(23)17-16(12)19(20,18(13)25-17)7-8-22(15)10-11-1-2-11;/h3-4,11,13,15,18,23-24H,1-2,5-10,21H2;1H/t13-,15-,18+,19+,20-;/m1./s1. The Morgan fingerprint density at radius 1 is 1.23 bits per heavy atom. The van der Waals surface area contributed by atoms with Gasteiger partial charge in [-0.05, 0) is 62.6 Å². The first-order chi connectivity index (χ1) is 12.0. The topological polar surface area (TPSA) is 79.0 Å². The molecule has 2 saturated carbocycles. The van der Waals surface area contributed by atoms with Gasteiger partial charge in [-0.2, -0.15) is 0 Å². The molecule has 2 heterocycles. The maximum absolute atomic E-state index is 12.1. The second-order valence-corrected chi connectivity index (χ2v) is 8.99. The van der Waals surface area contributed by atoms with Crippen molar-refractivity contribution in [2.75, 3.05) is 13.1 Å². The minimum absolute atomic E-state index is 0. The maximum atomic E-state index is 12.1. The number of halogens is 1. The molecule has 1 aromatic rings. The summed E-state index contributed by atoms with van der Waals surface area (Å²) in [4.78, 5) is 2.55. The summed E-state index contributed by atoms with van der Waals surface area (Å²) in [6, 6.07) is 3.84. The van der Waals surface area contributed by atoms with Crippen LogP contribution >= 0.6 is 12.4 Å². The van der Waals surface area contributed by atoms with E-state index in [1.54, 1.807) is 6.07 Å². The number of benzene rings is 1. The van der Waals surface area contributed by atoms with Crippen LogP contribution in [0.15, 0.2) is 12.1 Å². The van der Waals surface area contributed by atoms with Crippen LogP contribution < -0.4 is 10.5 Å². The highest BCUT2D eigenvalue weighted by molar-refractivity contribution is 5.85. The van der Waals surface area contributed by atoms with Gasteiger partial charge in [0.1, 0.15) is 6.10 Å². The van der Waals surface area contributed by atoms with Gasteiger partial charge < -0.3 is 20.7 Å². The largest absolute Gasteiger partial charge is 0.504 e. The van der Waals surface area contributed by atoms with Crippen LogP contribution in [-0.2, 0) is 11.8 Å². The molecular formula is C20H27ClN2O3. The first kappa shape index (κ1) is 17.1. The summed E-state index contributed by atoms with van der Waals surface area (Å²) in [5.41, 5.74) is 7.53. The summed E-state index contributed by atoms with van der Waals surface area (Å²) in [6.45, 7) is 2.10. The molecule has 1 spiro atoms. The van der Waals surface area contributed by atoms with Crippen molar-refractivity contribution in [3.63, 3.8) is 0 Å². The lowest BCUT2D eigenvalue weighted by molar-refractivity contribution is -0.189. The number of hydrogen-bond acceptors (Lipinski definition) is 5. The van der Waals surface area contributed by atoms with E-state index in [0.29, 0.717) is 5.75 Å². The molecule has 2 aliphatic heterocycles. The van der Waals surface area contributed by atoms with E-state index in [-0.39, 0.29) is 36.3 Å². The van der Waals surface area contributed by atoms with Crippen LogP contribution in [0.5, 0.6) is 11.5 Å². The van der Waals surface area contributed by atoms with Crippen LogP contribution in [0.4, 0.5) is 0 Å². The molecule has 3 fully saturated rings. The zero-order chi connectivity index (χ0) is 17.0. The summed E-state index contributed by atoms with van der Waals surface area (Å²) in [6.07, 6.45) is 5.66. The van der Waals surface area contributed by atoms with Crippen molar-refractivity contribution >= 4 is 12.4 Å². The number of hydrogen-bond donors (Lipinski definition) is 3. The zero-order valence-electron chi connectivity index (χ0n) is 14.9. The van der Waals surface area contributed by atoms with Gasteiger partial charge in [-0.1, -0.05) is 6.07 Å². The molecule has 1 aromatic carbocycles. The lowest BCUT2D eigenvalue weighted by Gasteiger charge is -2.64. The molecule has 0 aromatic heterocycles. The number of aliphatic hydroxyl groups is 1. The van der Waals surface area contributed by atoms with Crippen LogP contribution in [0.1, 0.15) is 43.2 Å². The SMILES string of the molecule is Cl.N[C@@H]1CC[C@@]2(O)[C@H]3Cc4ccc(O)c5c4[C@@]2(CCN3CC2CC2)[C@H]1O5. The van der Waals surface area contributed by atoms with E-state index in [0.717, 1.165) is 50.3 Å². The average Bonchev–Trinajstić information content (AvgIpc) is 3.32. The van der Waals surface area contributed by atoms with Crippen molar-refractivity contribution in [1.82, 2.24) is 4.90 Å². The summed E-state index contributed by atoms with van der Waals surface area (Å²) in [5, 5.41) is 22.5. The lowest BCUT2D eigenvalue weighted by atomic mass is 9.48. The van der Waals surface area contributed by atoms with Crippen molar-refractivity contribution in [1.29, 1.82) is 0 Å². The van der Waals surface area contributed by atoms with Crippen molar-refractivity contribution in [2.24, 2.45) is 11.7 Å². The molecule has 0 amide bonds. The van der Waals surface area contributed by atoms with Gasteiger partial charge in [0, 0.05) is 24.2 Å². The molecule has 0 radical (unpaired) electrons. The number of nitrogens with two attached hydrogens (primary N) is 1. The molecule has 1 saturated heterocycles. The Morgan fingerprint density at radius 2 is 2.04 bits per heavy atom. The Bertz CT molecular complexity index is 770. The first-order valence-electron chi connectivity index (χ1n) is 9.78. The Hall–Kier alpha value is -1.01. The van der Waals surface area contributed by atoms with Gasteiger partial charge in [-0.15, -0.1) is 12.4 Å². The number of aromatic hydroxyl groups is 1. The number of nitrogens with zero attached hydrogens (tertiary/aromatic N) is 1. The van der Waals surface area contributed by atoms with E-state index in [2.05, 4.69) is 4.90 Å². The van der Waals surface area contributed by atoms with Gasteiger partial charge in [-0.3, -0.25) is 4.90 Å². The normalized spacial score (nSPS) is 42.6. The highest BCUT2D eigenvalue weighted by atomic mass is 35.5. The van der Waals surface area contributed by atoms with Crippen molar-refractivity contribution in [3.05, 3.63) is 23.3 Å². The highest BCUT2D eigenvalue weighted by Gasteiger charge is 2.72. The second-order valence-electron chi connectivity index (χ2n) is 8.99. The number of likely N-dealkylation sites (tertiary alicyclic amines) is 1.